The molecule has 0 saturated carbocycles. The molecule has 0 N–H and O–H groups in total. The van der Waals surface area contributed by atoms with Gasteiger partial charge in [0.15, 0.2) is 0 Å². The summed E-state index contributed by atoms with van der Waals surface area (Å²) < 4.78 is 4.73. The maximum Gasteiger partial charge on any atom is 0.145 e. The molecule has 1 aliphatic heterocycles. The van der Waals surface area contributed by atoms with Crippen LogP contribution in [0.2, 0.25) is 0 Å². The Morgan fingerprint density at radius 3 is 1.96 bits per heavy atom. The number of rotatable bonds is 4. The van der Waals surface area contributed by atoms with E-state index in [0.717, 1.165) is 39.5 Å². The van der Waals surface area contributed by atoms with Gasteiger partial charge in [0.05, 0.1) is 28.3 Å². The molecule has 0 spiro atoms. The summed E-state index contributed by atoms with van der Waals surface area (Å²) in [4.78, 5) is 7.88. The van der Waals surface area contributed by atoms with Crippen molar-refractivity contribution in [1.82, 2.24) is 14.1 Å². The third-order valence-corrected chi connectivity index (χ3v) is 11.1. The highest BCUT2D eigenvalue weighted by Gasteiger charge is 2.41. The molecule has 250 valence electrons. The number of hydrogen-bond acceptors (Lipinski definition) is 2. The van der Waals surface area contributed by atoms with Crippen molar-refractivity contribution in [3.05, 3.63) is 205 Å². The van der Waals surface area contributed by atoms with E-state index in [1.807, 2.05) is 0 Å². The van der Waals surface area contributed by atoms with Crippen LogP contribution in [0.3, 0.4) is 0 Å². The second-order valence-electron chi connectivity index (χ2n) is 13.9. The van der Waals surface area contributed by atoms with Gasteiger partial charge in [-0.15, -0.1) is 0 Å². The molecule has 2 unspecified atom stereocenters. The lowest BCUT2D eigenvalue weighted by Gasteiger charge is -2.39. The molecule has 0 fully saturated rings. The molecule has 0 amide bonds. The van der Waals surface area contributed by atoms with Gasteiger partial charge in [-0.1, -0.05) is 127 Å². The lowest BCUT2D eigenvalue weighted by Crippen LogP contribution is -2.29. The van der Waals surface area contributed by atoms with Crippen LogP contribution in [-0.4, -0.2) is 14.1 Å². The Kier molecular flexibility index (Phi) is 6.65. The Balaban J connectivity index is 1.20. The molecule has 0 radical (unpaired) electrons. The summed E-state index contributed by atoms with van der Waals surface area (Å²) in [5.74, 6) is 1.02. The fraction of sp³-hybridized carbons (Fsp3) is 0.0408. The van der Waals surface area contributed by atoms with E-state index in [-0.39, 0.29) is 12.0 Å². The molecule has 0 saturated heterocycles. The van der Waals surface area contributed by atoms with Gasteiger partial charge >= 0.3 is 0 Å². The number of aromatic nitrogens is 3. The van der Waals surface area contributed by atoms with Crippen LogP contribution in [0, 0.1) is 0 Å². The minimum atomic E-state index is -0.0298. The molecule has 3 heterocycles. The van der Waals surface area contributed by atoms with E-state index in [1.165, 1.54) is 44.5 Å². The van der Waals surface area contributed by atoms with E-state index in [4.69, 9.17) is 4.98 Å². The van der Waals surface area contributed by atoms with Crippen LogP contribution in [-0.2, 0) is 0 Å². The summed E-state index contributed by atoms with van der Waals surface area (Å²) in [6.45, 7) is 0. The summed E-state index contributed by atoms with van der Waals surface area (Å²) in [5, 5.41) is 1.27. The van der Waals surface area contributed by atoms with Crippen molar-refractivity contribution in [1.29, 1.82) is 0 Å². The SMILES string of the molecule is C1=CC2c3ccccc3-c3ccccc3N(c3cccc(-c4nc5ccccc5n4-c4ccccc4)c3)C2c2c1n(-c1ccccc1)c1ccccc21. The summed E-state index contributed by atoms with van der Waals surface area (Å²) in [6, 6.07) is 65.6. The van der Waals surface area contributed by atoms with E-state index in [0.29, 0.717) is 0 Å². The first kappa shape index (κ1) is 29.8. The fourth-order valence-corrected chi connectivity index (χ4v) is 8.90. The number of benzene rings is 7. The monoisotopic (exact) mass is 678 g/mol. The van der Waals surface area contributed by atoms with Crippen LogP contribution in [0.5, 0.6) is 0 Å². The quantitative estimate of drug-likeness (QED) is 0.185. The zero-order valence-corrected chi connectivity index (χ0v) is 28.9. The maximum absolute atomic E-state index is 5.27. The Hall–Kier alpha value is -6.91. The van der Waals surface area contributed by atoms with Crippen LogP contribution in [0.1, 0.15) is 28.8 Å². The van der Waals surface area contributed by atoms with Crippen LogP contribution in [0.25, 0.3) is 61.9 Å². The molecule has 2 aromatic heterocycles. The normalized spacial score (nSPS) is 15.8. The van der Waals surface area contributed by atoms with Gasteiger partial charge in [-0.05, 0) is 77.9 Å². The molecule has 4 heteroatoms. The van der Waals surface area contributed by atoms with Crippen LogP contribution in [0.15, 0.2) is 188 Å². The highest BCUT2D eigenvalue weighted by Crippen LogP contribution is 2.56. The molecular weight excluding hydrogens is 645 g/mol. The van der Waals surface area contributed by atoms with Gasteiger partial charge in [-0.25, -0.2) is 4.98 Å². The molecule has 2 aliphatic rings. The first-order valence-corrected chi connectivity index (χ1v) is 18.3. The van der Waals surface area contributed by atoms with Gasteiger partial charge in [-0.2, -0.15) is 0 Å². The van der Waals surface area contributed by atoms with Crippen molar-refractivity contribution < 1.29 is 0 Å². The molecule has 1 aliphatic carbocycles. The zero-order valence-electron chi connectivity index (χ0n) is 28.9. The number of fused-ring (bicyclic) bond motifs is 10. The number of imidazole rings is 1. The predicted octanol–water partition coefficient (Wildman–Crippen LogP) is 12.3. The third-order valence-electron chi connectivity index (χ3n) is 11.1. The van der Waals surface area contributed by atoms with E-state index in [2.05, 4.69) is 208 Å². The largest absolute Gasteiger partial charge is 0.332 e. The van der Waals surface area contributed by atoms with E-state index < -0.39 is 0 Å². The van der Waals surface area contributed by atoms with Crippen molar-refractivity contribution in [2.75, 3.05) is 4.90 Å². The van der Waals surface area contributed by atoms with E-state index in [9.17, 15) is 0 Å². The van der Waals surface area contributed by atoms with Gasteiger partial charge in [-0.3, -0.25) is 4.57 Å². The molecule has 4 nitrogen and oxygen atoms in total. The lowest BCUT2D eigenvalue weighted by atomic mass is 9.80. The molecule has 7 aromatic carbocycles. The van der Waals surface area contributed by atoms with E-state index >= 15 is 0 Å². The fourth-order valence-electron chi connectivity index (χ4n) is 8.90. The molecule has 2 atom stereocenters. The van der Waals surface area contributed by atoms with Crippen molar-refractivity contribution in [3.63, 3.8) is 0 Å². The predicted molar refractivity (Wildman–Crippen MR) is 218 cm³/mol. The Morgan fingerprint density at radius 2 is 1.13 bits per heavy atom. The molecule has 53 heavy (non-hydrogen) atoms. The number of anilines is 2. The third kappa shape index (κ3) is 4.52. The molecule has 11 rings (SSSR count). The molecular formula is C49H34N4. The highest BCUT2D eigenvalue weighted by molar-refractivity contribution is 5.96. The second kappa shape index (κ2) is 11.8. The summed E-state index contributed by atoms with van der Waals surface area (Å²) in [6.07, 6.45) is 4.81. The molecule has 0 bridgehead atoms. The van der Waals surface area contributed by atoms with Gasteiger partial charge < -0.3 is 9.47 Å². The summed E-state index contributed by atoms with van der Waals surface area (Å²) in [7, 11) is 0. The average molecular weight is 679 g/mol. The Morgan fingerprint density at radius 1 is 0.491 bits per heavy atom. The van der Waals surface area contributed by atoms with E-state index in [1.54, 1.807) is 0 Å². The van der Waals surface area contributed by atoms with Gasteiger partial charge in [0.1, 0.15) is 5.82 Å². The zero-order chi connectivity index (χ0) is 34.9. The topological polar surface area (TPSA) is 26.0 Å². The number of para-hydroxylation sites is 6. The van der Waals surface area contributed by atoms with Gasteiger partial charge in [0.25, 0.3) is 0 Å². The number of hydrogen-bond donors (Lipinski definition) is 0. The summed E-state index contributed by atoms with van der Waals surface area (Å²) in [5.41, 5.74) is 15.3. The average Bonchev–Trinajstić information content (AvgIpc) is 3.75. The van der Waals surface area contributed by atoms with Gasteiger partial charge in [0, 0.05) is 50.7 Å². The Labute approximate surface area is 308 Å². The van der Waals surface area contributed by atoms with Crippen molar-refractivity contribution >= 4 is 39.4 Å². The van der Waals surface area contributed by atoms with Gasteiger partial charge in [0.2, 0.25) is 0 Å². The van der Waals surface area contributed by atoms with Crippen LogP contribution >= 0.6 is 0 Å². The molecule has 9 aromatic rings. The highest BCUT2D eigenvalue weighted by atomic mass is 15.2. The van der Waals surface area contributed by atoms with Crippen LogP contribution in [0.4, 0.5) is 11.4 Å². The number of nitrogens with zero attached hydrogens (tertiary/aromatic N) is 4. The maximum atomic E-state index is 5.27. The Bertz CT molecular complexity index is 2860. The standard InChI is InChI=1S/C49H34N4/c1-3-17-34(18-4-1)51-44-28-13-10-25-41(44)47-46(51)31-30-40-38-23-8-7-22-37(38)39-24-9-12-27-43(39)52(48(40)47)36-21-15-16-33(32-36)49-50-42-26-11-14-29-45(42)53(49)35-19-5-2-6-20-35/h1-32,40,48H. The lowest BCUT2D eigenvalue weighted by molar-refractivity contribution is 0.628. The first-order chi connectivity index (χ1) is 26.3. The van der Waals surface area contributed by atoms with Crippen molar-refractivity contribution in [2.45, 2.75) is 12.0 Å². The second-order valence-corrected chi connectivity index (χ2v) is 13.9. The van der Waals surface area contributed by atoms with Crippen LogP contribution < -0.4 is 4.90 Å². The first-order valence-electron chi connectivity index (χ1n) is 18.3. The minimum Gasteiger partial charge on any atom is -0.332 e. The smallest absolute Gasteiger partial charge is 0.145 e. The minimum absolute atomic E-state index is 0.0298. The summed E-state index contributed by atoms with van der Waals surface area (Å²) >= 11 is 0. The van der Waals surface area contributed by atoms with Crippen molar-refractivity contribution in [3.8, 4) is 33.9 Å². The van der Waals surface area contributed by atoms with Crippen molar-refractivity contribution in [2.24, 2.45) is 0 Å².